The minimum atomic E-state index is 0.204. The second-order valence-corrected chi connectivity index (χ2v) is 5.33. The highest BCUT2D eigenvalue weighted by molar-refractivity contribution is 5.64. The summed E-state index contributed by atoms with van der Waals surface area (Å²) in [4.78, 5) is 2.39. The first-order valence-electron chi connectivity index (χ1n) is 7.17. The van der Waals surface area contributed by atoms with E-state index in [1.165, 1.54) is 11.4 Å². The fourth-order valence-electron chi connectivity index (χ4n) is 3.06. The first kappa shape index (κ1) is 12.7. The number of rotatable bonds is 3. The van der Waals surface area contributed by atoms with E-state index in [0.717, 1.165) is 19.3 Å². The second kappa shape index (κ2) is 5.79. The number of nitrogens with zero attached hydrogens (tertiary/aromatic N) is 2. The lowest BCUT2D eigenvalue weighted by molar-refractivity contribution is 0.646. The van der Waals surface area contributed by atoms with Gasteiger partial charge in [0.1, 0.15) is 0 Å². The van der Waals surface area contributed by atoms with Crippen molar-refractivity contribution in [2.45, 2.75) is 25.3 Å². The third-order valence-corrected chi connectivity index (χ3v) is 4.02. The highest BCUT2D eigenvalue weighted by Gasteiger charge is 2.30. The van der Waals surface area contributed by atoms with E-state index >= 15 is 0 Å². The maximum Gasteiger partial charge on any atom is 0.0656 e. The molecule has 1 saturated carbocycles. The Kier molecular flexibility index (Phi) is 3.69. The normalized spacial score (nSPS) is 21.4. The van der Waals surface area contributed by atoms with Gasteiger partial charge in [-0.05, 0) is 43.5 Å². The molecule has 2 unspecified atom stereocenters. The van der Waals surface area contributed by atoms with Gasteiger partial charge in [0.05, 0.1) is 6.07 Å². The van der Waals surface area contributed by atoms with Gasteiger partial charge < -0.3 is 4.90 Å². The predicted octanol–water partition coefficient (Wildman–Crippen LogP) is 4.52. The lowest BCUT2D eigenvalue weighted by atomic mass is 10.1. The molecule has 20 heavy (non-hydrogen) atoms. The average molecular weight is 262 g/mol. The molecule has 0 spiro atoms. The molecular weight excluding hydrogens is 244 g/mol. The smallest absolute Gasteiger partial charge is 0.0656 e. The number of nitriles is 1. The molecule has 2 nitrogen and oxygen atoms in total. The van der Waals surface area contributed by atoms with E-state index in [2.05, 4.69) is 59.5 Å². The number of benzene rings is 2. The first-order chi connectivity index (χ1) is 9.88. The number of hydrogen-bond acceptors (Lipinski definition) is 2. The van der Waals surface area contributed by atoms with Gasteiger partial charge in [-0.1, -0.05) is 36.4 Å². The van der Waals surface area contributed by atoms with Gasteiger partial charge in [-0.2, -0.15) is 5.26 Å². The Morgan fingerprint density at radius 3 is 1.85 bits per heavy atom. The SMILES string of the molecule is N#CC1CCC(N(c2ccccc2)c2ccccc2)C1. The van der Waals surface area contributed by atoms with Gasteiger partial charge in [0.2, 0.25) is 0 Å². The van der Waals surface area contributed by atoms with Crippen LogP contribution in [0.5, 0.6) is 0 Å². The molecule has 1 aliphatic carbocycles. The summed E-state index contributed by atoms with van der Waals surface area (Å²) < 4.78 is 0. The maximum absolute atomic E-state index is 9.14. The molecule has 1 aliphatic rings. The first-order valence-corrected chi connectivity index (χ1v) is 7.17. The fourth-order valence-corrected chi connectivity index (χ4v) is 3.06. The Morgan fingerprint density at radius 1 is 0.850 bits per heavy atom. The fraction of sp³-hybridized carbons (Fsp3) is 0.278. The van der Waals surface area contributed by atoms with Crippen LogP contribution in [0, 0.1) is 17.2 Å². The minimum absolute atomic E-state index is 0.204. The van der Waals surface area contributed by atoms with Gasteiger partial charge in [-0.3, -0.25) is 0 Å². The molecule has 0 aromatic heterocycles. The largest absolute Gasteiger partial charge is 0.338 e. The molecule has 2 heteroatoms. The van der Waals surface area contributed by atoms with E-state index in [1.807, 2.05) is 12.1 Å². The van der Waals surface area contributed by atoms with Crippen molar-refractivity contribution in [3.05, 3.63) is 60.7 Å². The molecule has 3 rings (SSSR count). The van der Waals surface area contributed by atoms with Crippen LogP contribution in [-0.4, -0.2) is 6.04 Å². The zero-order valence-electron chi connectivity index (χ0n) is 11.4. The van der Waals surface area contributed by atoms with E-state index < -0.39 is 0 Å². The number of hydrogen-bond donors (Lipinski definition) is 0. The summed E-state index contributed by atoms with van der Waals surface area (Å²) in [6.07, 6.45) is 3.06. The topological polar surface area (TPSA) is 27.0 Å². The summed E-state index contributed by atoms with van der Waals surface area (Å²) in [5, 5.41) is 9.14. The van der Waals surface area contributed by atoms with Gasteiger partial charge in [-0.15, -0.1) is 0 Å². The van der Waals surface area contributed by atoms with E-state index in [-0.39, 0.29) is 5.92 Å². The van der Waals surface area contributed by atoms with Crippen LogP contribution in [-0.2, 0) is 0 Å². The van der Waals surface area contributed by atoms with Crippen LogP contribution >= 0.6 is 0 Å². The molecule has 0 amide bonds. The molecule has 100 valence electrons. The van der Waals surface area contributed by atoms with Crippen LogP contribution in [0.25, 0.3) is 0 Å². The van der Waals surface area contributed by atoms with Gasteiger partial charge in [0.25, 0.3) is 0 Å². The summed E-state index contributed by atoms with van der Waals surface area (Å²) in [6.45, 7) is 0. The zero-order valence-corrected chi connectivity index (χ0v) is 11.4. The lowest BCUT2D eigenvalue weighted by Crippen LogP contribution is -2.28. The monoisotopic (exact) mass is 262 g/mol. The number of anilines is 2. The van der Waals surface area contributed by atoms with Crippen molar-refractivity contribution in [1.29, 1.82) is 5.26 Å². The van der Waals surface area contributed by atoms with Crippen LogP contribution in [0.2, 0.25) is 0 Å². The maximum atomic E-state index is 9.14. The summed E-state index contributed by atoms with van der Waals surface area (Å²) in [6, 6.07) is 23.8. The van der Waals surface area contributed by atoms with Gasteiger partial charge in [-0.25, -0.2) is 0 Å². The highest BCUT2D eigenvalue weighted by Crippen LogP contribution is 2.36. The summed E-state index contributed by atoms with van der Waals surface area (Å²) in [5.74, 6) is 0.204. The van der Waals surface area contributed by atoms with Crippen molar-refractivity contribution >= 4 is 11.4 Å². The highest BCUT2D eigenvalue weighted by atomic mass is 15.2. The van der Waals surface area contributed by atoms with Crippen LogP contribution in [0.3, 0.4) is 0 Å². The van der Waals surface area contributed by atoms with Crippen molar-refractivity contribution in [2.24, 2.45) is 5.92 Å². The number of para-hydroxylation sites is 2. The molecule has 0 aliphatic heterocycles. The van der Waals surface area contributed by atoms with Gasteiger partial charge in [0.15, 0.2) is 0 Å². The van der Waals surface area contributed by atoms with E-state index in [0.29, 0.717) is 6.04 Å². The lowest BCUT2D eigenvalue weighted by Gasteiger charge is -2.31. The van der Waals surface area contributed by atoms with Crippen LogP contribution in [0.1, 0.15) is 19.3 Å². The van der Waals surface area contributed by atoms with Crippen LogP contribution in [0.4, 0.5) is 11.4 Å². The molecule has 2 atom stereocenters. The van der Waals surface area contributed by atoms with Crippen LogP contribution < -0.4 is 4.90 Å². The van der Waals surface area contributed by atoms with Crippen molar-refractivity contribution in [1.82, 2.24) is 0 Å². The third-order valence-electron chi connectivity index (χ3n) is 4.02. The molecule has 1 fully saturated rings. The molecule has 0 N–H and O–H groups in total. The Morgan fingerprint density at radius 2 is 1.40 bits per heavy atom. The Bertz CT molecular complexity index is 546. The Labute approximate surface area is 120 Å². The quantitative estimate of drug-likeness (QED) is 0.813. The summed E-state index contributed by atoms with van der Waals surface area (Å²) in [7, 11) is 0. The van der Waals surface area contributed by atoms with E-state index in [1.54, 1.807) is 0 Å². The second-order valence-electron chi connectivity index (χ2n) is 5.33. The molecule has 0 heterocycles. The molecule has 0 saturated heterocycles. The van der Waals surface area contributed by atoms with Gasteiger partial charge in [0, 0.05) is 23.3 Å². The van der Waals surface area contributed by atoms with E-state index in [4.69, 9.17) is 5.26 Å². The van der Waals surface area contributed by atoms with Crippen molar-refractivity contribution in [3.63, 3.8) is 0 Å². The van der Waals surface area contributed by atoms with Crippen LogP contribution in [0.15, 0.2) is 60.7 Å². The zero-order chi connectivity index (χ0) is 13.8. The summed E-state index contributed by atoms with van der Waals surface area (Å²) in [5.41, 5.74) is 2.42. The van der Waals surface area contributed by atoms with Crippen molar-refractivity contribution in [3.8, 4) is 6.07 Å². The molecule has 0 bridgehead atoms. The Balaban J connectivity index is 1.95. The third kappa shape index (κ3) is 2.53. The van der Waals surface area contributed by atoms with Gasteiger partial charge >= 0.3 is 0 Å². The minimum Gasteiger partial charge on any atom is -0.338 e. The average Bonchev–Trinajstić information content (AvgIpc) is 2.98. The Hall–Kier alpha value is -2.27. The van der Waals surface area contributed by atoms with E-state index in [9.17, 15) is 0 Å². The molecular formula is C18H18N2. The predicted molar refractivity (Wildman–Crippen MR) is 81.8 cm³/mol. The summed E-state index contributed by atoms with van der Waals surface area (Å²) >= 11 is 0. The van der Waals surface area contributed by atoms with Crippen molar-refractivity contribution < 1.29 is 0 Å². The molecule has 0 radical (unpaired) electrons. The molecule has 2 aromatic rings. The van der Waals surface area contributed by atoms with Crippen molar-refractivity contribution in [2.75, 3.05) is 4.90 Å². The molecule has 2 aromatic carbocycles. The standard InChI is InChI=1S/C18H18N2/c19-14-15-11-12-18(13-15)20(16-7-3-1-4-8-16)17-9-5-2-6-10-17/h1-10,15,18H,11-13H2.